The number of aliphatic hydroxyl groups is 1. The number of nitrogens with zero attached hydrogens (tertiary/aromatic N) is 3. The number of rotatable bonds is 4. The van der Waals surface area contributed by atoms with Crippen molar-refractivity contribution in [2.45, 2.75) is 18.9 Å². The molecule has 2 heterocycles. The van der Waals surface area contributed by atoms with E-state index in [4.69, 9.17) is 27.2 Å². The Labute approximate surface area is 111 Å². The largest absolute Gasteiger partial charge is 0.394 e. The molecule has 3 N–H and O–H groups in total. The number of halogens is 1. The molecule has 0 bridgehead atoms. The Morgan fingerprint density at radius 2 is 2.22 bits per heavy atom. The van der Waals surface area contributed by atoms with Crippen LogP contribution in [0.1, 0.15) is 12.8 Å². The maximum Gasteiger partial charge on any atom is 0.222 e. The second-order valence-electron chi connectivity index (χ2n) is 4.18. The lowest BCUT2D eigenvalue weighted by Gasteiger charge is -2.33. The molecule has 1 aromatic rings. The van der Waals surface area contributed by atoms with Crippen LogP contribution < -0.4 is 10.6 Å². The first-order valence-electron chi connectivity index (χ1n) is 5.96. The highest BCUT2D eigenvalue weighted by molar-refractivity contribution is 6.32. The second kappa shape index (κ2) is 6.17. The Morgan fingerprint density at radius 1 is 1.50 bits per heavy atom. The summed E-state index contributed by atoms with van der Waals surface area (Å²) in [5, 5.41) is 9.22. The minimum Gasteiger partial charge on any atom is -0.394 e. The van der Waals surface area contributed by atoms with Crippen molar-refractivity contribution in [1.82, 2.24) is 9.97 Å². The first kappa shape index (κ1) is 13.3. The standard InChI is InChI=1S/C11H17ClN4O2/c12-9-7-14-11(13)15-10(9)16-3-1-8(2-4-16)18-6-5-17/h7-8,17H,1-6H2,(H2,13,14,15). The van der Waals surface area contributed by atoms with E-state index < -0.39 is 0 Å². The number of anilines is 2. The van der Waals surface area contributed by atoms with Gasteiger partial charge in [0, 0.05) is 13.1 Å². The molecule has 1 aliphatic rings. The molecule has 18 heavy (non-hydrogen) atoms. The number of hydrogen-bond donors (Lipinski definition) is 2. The van der Waals surface area contributed by atoms with Crippen molar-refractivity contribution in [3.63, 3.8) is 0 Å². The van der Waals surface area contributed by atoms with Crippen LogP contribution in [-0.2, 0) is 4.74 Å². The second-order valence-corrected chi connectivity index (χ2v) is 4.59. The summed E-state index contributed by atoms with van der Waals surface area (Å²) in [6, 6.07) is 0. The van der Waals surface area contributed by atoms with Crippen LogP contribution >= 0.6 is 11.6 Å². The third-order valence-corrected chi connectivity index (χ3v) is 3.20. The molecule has 0 atom stereocenters. The molecule has 0 aromatic carbocycles. The Bertz CT molecular complexity index is 397. The maximum absolute atomic E-state index is 8.71. The molecule has 0 spiro atoms. The topological polar surface area (TPSA) is 84.5 Å². The molecule has 7 heteroatoms. The van der Waals surface area contributed by atoms with E-state index in [-0.39, 0.29) is 18.7 Å². The number of nitrogens with two attached hydrogens (primary N) is 1. The van der Waals surface area contributed by atoms with Gasteiger partial charge in [-0.05, 0) is 12.8 Å². The fourth-order valence-corrected chi connectivity index (χ4v) is 2.26. The highest BCUT2D eigenvalue weighted by Crippen LogP contribution is 2.26. The van der Waals surface area contributed by atoms with Crippen LogP contribution in [0.5, 0.6) is 0 Å². The van der Waals surface area contributed by atoms with Gasteiger partial charge in [0.25, 0.3) is 0 Å². The zero-order valence-electron chi connectivity index (χ0n) is 10.0. The third-order valence-electron chi connectivity index (χ3n) is 2.93. The molecule has 0 amide bonds. The molecule has 6 nitrogen and oxygen atoms in total. The van der Waals surface area contributed by atoms with Crippen molar-refractivity contribution in [3.05, 3.63) is 11.2 Å². The lowest BCUT2D eigenvalue weighted by molar-refractivity contribution is 0.0158. The lowest BCUT2D eigenvalue weighted by atomic mass is 10.1. The van der Waals surface area contributed by atoms with Crippen molar-refractivity contribution in [2.75, 3.05) is 36.9 Å². The van der Waals surface area contributed by atoms with E-state index in [1.807, 2.05) is 0 Å². The predicted molar refractivity (Wildman–Crippen MR) is 69.7 cm³/mol. The molecule has 1 aliphatic heterocycles. The highest BCUT2D eigenvalue weighted by atomic mass is 35.5. The van der Waals surface area contributed by atoms with Crippen LogP contribution in [0, 0.1) is 0 Å². The van der Waals surface area contributed by atoms with Gasteiger partial charge >= 0.3 is 0 Å². The van der Waals surface area contributed by atoms with Crippen molar-refractivity contribution in [1.29, 1.82) is 0 Å². The Hall–Kier alpha value is -1.11. The van der Waals surface area contributed by atoms with Gasteiger partial charge in [-0.15, -0.1) is 0 Å². The van der Waals surface area contributed by atoms with E-state index in [1.165, 1.54) is 6.20 Å². The number of aromatic nitrogens is 2. The van der Waals surface area contributed by atoms with E-state index in [2.05, 4.69) is 14.9 Å². The van der Waals surface area contributed by atoms with Gasteiger partial charge in [-0.2, -0.15) is 4.98 Å². The van der Waals surface area contributed by atoms with E-state index in [9.17, 15) is 0 Å². The fourth-order valence-electron chi connectivity index (χ4n) is 2.05. The van der Waals surface area contributed by atoms with Crippen LogP contribution in [0.25, 0.3) is 0 Å². The average Bonchev–Trinajstić information content (AvgIpc) is 2.40. The summed E-state index contributed by atoms with van der Waals surface area (Å²) in [4.78, 5) is 10.1. The fraction of sp³-hybridized carbons (Fsp3) is 0.636. The summed E-state index contributed by atoms with van der Waals surface area (Å²) in [5.41, 5.74) is 5.57. The Morgan fingerprint density at radius 3 is 2.89 bits per heavy atom. The zero-order chi connectivity index (χ0) is 13.0. The number of piperidine rings is 1. The number of aliphatic hydroxyl groups excluding tert-OH is 1. The highest BCUT2D eigenvalue weighted by Gasteiger charge is 2.22. The SMILES string of the molecule is Nc1ncc(Cl)c(N2CCC(OCCO)CC2)n1. The van der Waals surface area contributed by atoms with Crippen LogP contribution in [0.15, 0.2) is 6.20 Å². The van der Waals surface area contributed by atoms with Gasteiger partial charge in [0.05, 0.1) is 25.5 Å². The van der Waals surface area contributed by atoms with Crippen molar-refractivity contribution in [3.8, 4) is 0 Å². The van der Waals surface area contributed by atoms with Crippen LogP contribution in [0.3, 0.4) is 0 Å². The van der Waals surface area contributed by atoms with Crippen molar-refractivity contribution < 1.29 is 9.84 Å². The lowest BCUT2D eigenvalue weighted by Crippen LogP contribution is -2.38. The van der Waals surface area contributed by atoms with Gasteiger partial charge in [-0.3, -0.25) is 0 Å². The molecule has 1 saturated heterocycles. The maximum atomic E-state index is 8.71. The summed E-state index contributed by atoms with van der Waals surface area (Å²) in [6.07, 6.45) is 3.50. The molecule has 0 unspecified atom stereocenters. The monoisotopic (exact) mass is 272 g/mol. The van der Waals surface area contributed by atoms with Gasteiger partial charge < -0.3 is 20.5 Å². The predicted octanol–water partition coefficient (Wildman–Crippen LogP) is 0.690. The molecule has 0 radical (unpaired) electrons. The summed E-state index contributed by atoms with van der Waals surface area (Å²) >= 11 is 6.06. The first-order valence-corrected chi connectivity index (χ1v) is 6.34. The molecule has 0 aliphatic carbocycles. The molecule has 2 rings (SSSR count). The molecular weight excluding hydrogens is 256 g/mol. The van der Waals surface area contributed by atoms with Crippen LogP contribution in [0.4, 0.5) is 11.8 Å². The van der Waals surface area contributed by atoms with E-state index >= 15 is 0 Å². The van der Waals surface area contributed by atoms with E-state index in [0.29, 0.717) is 17.4 Å². The molecule has 1 aromatic heterocycles. The first-order chi connectivity index (χ1) is 8.70. The zero-order valence-corrected chi connectivity index (χ0v) is 10.8. The van der Waals surface area contributed by atoms with Crippen molar-refractivity contribution >= 4 is 23.4 Å². The average molecular weight is 273 g/mol. The molecule has 0 saturated carbocycles. The minimum absolute atomic E-state index is 0.0640. The Kier molecular flexibility index (Phi) is 4.57. The number of hydrogen-bond acceptors (Lipinski definition) is 6. The molecular formula is C11H17ClN4O2. The smallest absolute Gasteiger partial charge is 0.222 e. The van der Waals surface area contributed by atoms with Crippen molar-refractivity contribution in [2.24, 2.45) is 0 Å². The molecule has 100 valence electrons. The number of nitrogen functional groups attached to an aromatic ring is 1. The Balaban J connectivity index is 1.94. The van der Waals surface area contributed by atoms with Gasteiger partial charge in [0.15, 0.2) is 5.82 Å². The summed E-state index contributed by atoms with van der Waals surface area (Å²) in [7, 11) is 0. The third kappa shape index (κ3) is 3.22. The van der Waals surface area contributed by atoms with E-state index in [1.54, 1.807) is 0 Å². The van der Waals surface area contributed by atoms with E-state index in [0.717, 1.165) is 25.9 Å². The van der Waals surface area contributed by atoms with Gasteiger partial charge in [0.1, 0.15) is 5.02 Å². The minimum atomic E-state index is 0.0640. The molecule has 1 fully saturated rings. The summed E-state index contributed by atoms with van der Waals surface area (Å²) in [5.74, 6) is 0.915. The van der Waals surface area contributed by atoms with Crippen LogP contribution in [0.2, 0.25) is 5.02 Å². The summed E-state index contributed by atoms with van der Waals surface area (Å²) < 4.78 is 5.50. The van der Waals surface area contributed by atoms with Gasteiger partial charge in [0.2, 0.25) is 5.95 Å². The quantitative estimate of drug-likeness (QED) is 0.839. The van der Waals surface area contributed by atoms with Gasteiger partial charge in [-0.1, -0.05) is 11.6 Å². The normalized spacial score (nSPS) is 17.1. The number of ether oxygens (including phenoxy) is 1. The summed E-state index contributed by atoms with van der Waals surface area (Å²) in [6.45, 7) is 2.08. The van der Waals surface area contributed by atoms with Gasteiger partial charge in [-0.25, -0.2) is 4.98 Å². The van der Waals surface area contributed by atoms with Crippen LogP contribution in [-0.4, -0.2) is 47.5 Å².